The summed E-state index contributed by atoms with van der Waals surface area (Å²) in [6.45, 7) is 1.88. The number of carbonyl (C=O) groups is 1. The number of nitrogens with one attached hydrogen (secondary N) is 1. The standard InChI is InChI=1S/C28H26ClF3N2O5S/c1-14-8-16-10-19(12-20(14)28(16,37)26(35)24-7-3-17(30)13-33-24)40(38,39)25-9-15(2-5-21(25)29)27(36)34-18-4-6-22(31)23(32)11-18/h2-7,9,11,13-14,16,19-20,26,35,37H,8,10,12H2,1H3,(H,34,36)/t14-,16?,19+,20?,26-,28+/m0/s1. The number of carbonyl (C=O) groups excluding carboxylic acids is 1. The average molecular weight is 595 g/mol. The first-order valence-electron chi connectivity index (χ1n) is 12.6. The number of amides is 1. The topological polar surface area (TPSA) is 117 Å². The molecule has 212 valence electrons. The molecule has 3 N–H and O–H groups in total. The SMILES string of the molecule is C[C@H]1CC2C[C@@H](S(=O)(=O)c3cc(C(=O)Nc4ccc(F)c(F)c4)ccc3Cl)CC1[C@@]2(O)[C@@H](O)c1ccc(F)cn1. The third-order valence-electron chi connectivity index (χ3n) is 8.24. The molecule has 2 aromatic carbocycles. The predicted molar refractivity (Wildman–Crippen MR) is 141 cm³/mol. The normalized spacial score (nSPS) is 26.9. The molecule has 2 aliphatic carbocycles. The van der Waals surface area contributed by atoms with Crippen molar-refractivity contribution in [3.8, 4) is 0 Å². The summed E-state index contributed by atoms with van der Waals surface area (Å²) in [6.07, 6.45) is 0.0240. The maximum absolute atomic E-state index is 13.8. The maximum atomic E-state index is 13.8. The fourth-order valence-electron chi connectivity index (χ4n) is 6.25. The van der Waals surface area contributed by atoms with Gasteiger partial charge in [-0.25, -0.2) is 21.6 Å². The van der Waals surface area contributed by atoms with E-state index in [4.69, 9.17) is 11.6 Å². The van der Waals surface area contributed by atoms with Gasteiger partial charge in [-0.1, -0.05) is 18.5 Å². The van der Waals surface area contributed by atoms with Crippen molar-refractivity contribution in [2.24, 2.45) is 17.8 Å². The third kappa shape index (κ3) is 4.89. The van der Waals surface area contributed by atoms with Crippen LogP contribution in [0, 0.1) is 35.2 Å². The third-order valence-corrected chi connectivity index (χ3v) is 10.9. The molecule has 2 aliphatic rings. The second-order valence-corrected chi connectivity index (χ2v) is 13.2. The highest BCUT2D eigenvalue weighted by Crippen LogP contribution is 2.58. The van der Waals surface area contributed by atoms with E-state index in [1.165, 1.54) is 24.3 Å². The molecular formula is C28H26ClF3N2O5S. The first kappa shape index (κ1) is 28.5. The minimum atomic E-state index is -4.11. The fourth-order valence-corrected chi connectivity index (χ4v) is 8.62. The Morgan fingerprint density at radius 3 is 2.48 bits per heavy atom. The van der Waals surface area contributed by atoms with Crippen molar-refractivity contribution in [1.29, 1.82) is 0 Å². The molecule has 0 radical (unpaired) electrons. The summed E-state index contributed by atoms with van der Waals surface area (Å²) in [5, 5.41) is 24.2. The van der Waals surface area contributed by atoms with Crippen LogP contribution in [-0.4, -0.2) is 40.4 Å². The number of benzene rings is 2. The zero-order chi connectivity index (χ0) is 29.0. The summed E-state index contributed by atoms with van der Waals surface area (Å²) >= 11 is 6.29. The van der Waals surface area contributed by atoms with E-state index in [1.807, 2.05) is 6.92 Å². The van der Waals surface area contributed by atoms with Gasteiger partial charge in [-0.05, 0) is 79.5 Å². The lowest BCUT2D eigenvalue weighted by atomic mass is 9.69. The van der Waals surface area contributed by atoms with Gasteiger partial charge in [0.2, 0.25) is 0 Å². The molecular weight excluding hydrogens is 569 g/mol. The van der Waals surface area contributed by atoms with Gasteiger partial charge in [0, 0.05) is 17.3 Å². The lowest BCUT2D eigenvalue weighted by Crippen LogP contribution is -2.52. The van der Waals surface area contributed by atoms with E-state index in [1.54, 1.807) is 0 Å². The molecule has 2 fully saturated rings. The molecule has 3 aromatic rings. The molecule has 1 heterocycles. The number of pyridine rings is 1. The van der Waals surface area contributed by atoms with Crippen molar-refractivity contribution < 1.29 is 36.6 Å². The van der Waals surface area contributed by atoms with Crippen molar-refractivity contribution in [1.82, 2.24) is 4.98 Å². The summed E-state index contributed by atoms with van der Waals surface area (Å²) in [4.78, 5) is 16.4. The van der Waals surface area contributed by atoms with Gasteiger partial charge < -0.3 is 15.5 Å². The largest absolute Gasteiger partial charge is 0.386 e. The molecule has 0 saturated heterocycles. The smallest absolute Gasteiger partial charge is 0.255 e. The van der Waals surface area contributed by atoms with Crippen LogP contribution in [0.25, 0.3) is 0 Å². The van der Waals surface area contributed by atoms with E-state index >= 15 is 0 Å². The minimum Gasteiger partial charge on any atom is -0.386 e. The van der Waals surface area contributed by atoms with Gasteiger partial charge >= 0.3 is 0 Å². The van der Waals surface area contributed by atoms with Crippen molar-refractivity contribution in [2.75, 3.05) is 5.32 Å². The molecule has 2 bridgehead atoms. The van der Waals surface area contributed by atoms with Gasteiger partial charge in [-0.3, -0.25) is 9.78 Å². The Morgan fingerprint density at radius 2 is 1.82 bits per heavy atom. The van der Waals surface area contributed by atoms with Crippen molar-refractivity contribution in [3.05, 3.63) is 88.5 Å². The van der Waals surface area contributed by atoms with Crippen molar-refractivity contribution >= 4 is 33.0 Å². The van der Waals surface area contributed by atoms with E-state index in [2.05, 4.69) is 10.3 Å². The molecule has 2 unspecified atom stereocenters. The fraction of sp³-hybridized carbons (Fsp3) is 0.357. The average Bonchev–Trinajstić information content (AvgIpc) is 3.03. The number of aliphatic hydroxyl groups is 2. The maximum Gasteiger partial charge on any atom is 0.255 e. The molecule has 0 aliphatic heterocycles. The molecule has 0 spiro atoms. The van der Waals surface area contributed by atoms with Crippen LogP contribution in [0.2, 0.25) is 5.02 Å². The number of fused-ring (bicyclic) bond motifs is 2. The first-order chi connectivity index (χ1) is 18.8. The number of sulfone groups is 1. The molecule has 7 nitrogen and oxygen atoms in total. The Balaban J connectivity index is 1.41. The van der Waals surface area contributed by atoms with E-state index in [-0.39, 0.29) is 45.6 Å². The van der Waals surface area contributed by atoms with Crippen LogP contribution in [0.5, 0.6) is 0 Å². The highest BCUT2D eigenvalue weighted by molar-refractivity contribution is 7.92. The molecule has 1 amide bonds. The minimum absolute atomic E-state index is 0.0189. The van der Waals surface area contributed by atoms with Gasteiger partial charge in [0.1, 0.15) is 17.5 Å². The number of aromatic nitrogens is 1. The zero-order valence-electron chi connectivity index (χ0n) is 21.2. The lowest BCUT2D eigenvalue weighted by molar-refractivity contribution is -0.149. The Kier molecular flexibility index (Phi) is 7.45. The number of rotatable bonds is 6. The second-order valence-electron chi connectivity index (χ2n) is 10.6. The number of aliphatic hydroxyl groups excluding tert-OH is 1. The van der Waals surface area contributed by atoms with Gasteiger partial charge in [-0.2, -0.15) is 0 Å². The van der Waals surface area contributed by atoms with Crippen LogP contribution >= 0.6 is 11.6 Å². The predicted octanol–water partition coefficient (Wildman–Crippen LogP) is 5.08. The van der Waals surface area contributed by atoms with Crippen molar-refractivity contribution in [3.63, 3.8) is 0 Å². The highest BCUT2D eigenvalue weighted by Gasteiger charge is 2.62. The van der Waals surface area contributed by atoms with Crippen LogP contribution in [0.4, 0.5) is 18.9 Å². The van der Waals surface area contributed by atoms with Crippen LogP contribution in [0.1, 0.15) is 48.3 Å². The molecule has 12 heteroatoms. The monoisotopic (exact) mass is 594 g/mol. The molecule has 40 heavy (non-hydrogen) atoms. The molecule has 2 saturated carbocycles. The van der Waals surface area contributed by atoms with Gasteiger partial charge in [0.15, 0.2) is 21.5 Å². The molecule has 6 atom stereocenters. The molecule has 5 rings (SSSR count). The number of hydrogen-bond acceptors (Lipinski definition) is 6. The van der Waals surface area contributed by atoms with Gasteiger partial charge in [-0.15, -0.1) is 0 Å². The highest BCUT2D eigenvalue weighted by atomic mass is 35.5. The van der Waals surface area contributed by atoms with Gasteiger partial charge in [0.05, 0.1) is 27.1 Å². The summed E-state index contributed by atoms with van der Waals surface area (Å²) in [5.41, 5.74) is -1.65. The Morgan fingerprint density at radius 1 is 1.07 bits per heavy atom. The first-order valence-corrected chi connectivity index (χ1v) is 14.6. The van der Waals surface area contributed by atoms with Gasteiger partial charge in [0.25, 0.3) is 5.91 Å². The number of hydrogen-bond donors (Lipinski definition) is 3. The van der Waals surface area contributed by atoms with Crippen LogP contribution in [0.3, 0.4) is 0 Å². The summed E-state index contributed by atoms with van der Waals surface area (Å²) in [6, 6.07) is 8.97. The van der Waals surface area contributed by atoms with E-state index < -0.39 is 62.0 Å². The Labute approximate surface area is 233 Å². The number of anilines is 1. The van der Waals surface area contributed by atoms with Crippen molar-refractivity contribution in [2.45, 2.75) is 48.0 Å². The van der Waals surface area contributed by atoms with Crippen LogP contribution in [0.15, 0.2) is 59.6 Å². The van der Waals surface area contributed by atoms with Crippen LogP contribution in [-0.2, 0) is 9.84 Å². The summed E-state index contributed by atoms with van der Waals surface area (Å²) < 4.78 is 67.8. The number of halogens is 4. The van der Waals surface area contributed by atoms with E-state index in [0.717, 1.165) is 30.5 Å². The molecule has 1 aromatic heterocycles. The summed E-state index contributed by atoms with van der Waals surface area (Å²) in [5.74, 6) is -4.89. The van der Waals surface area contributed by atoms with E-state index in [9.17, 15) is 36.6 Å². The zero-order valence-corrected chi connectivity index (χ0v) is 22.8. The quantitative estimate of drug-likeness (QED) is 0.367. The Bertz CT molecular complexity index is 1570. The van der Waals surface area contributed by atoms with E-state index in [0.29, 0.717) is 6.42 Å². The summed E-state index contributed by atoms with van der Waals surface area (Å²) in [7, 11) is -4.11. The lowest BCUT2D eigenvalue weighted by Gasteiger charge is -2.45. The Hall–Kier alpha value is -2.99. The second kappa shape index (κ2) is 10.4. The number of nitrogens with zero attached hydrogens (tertiary/aromatic N) is 1. The van der Waals surface area contributed by atoms with Crippen LogP contribution < -0.4 is 5.32 Å².